The Morgan fingerprint density at radius 2 is 1.88 bits per heavy atom. The number of ether oxygens (including phenoxy) is 2. The zero-order chi connectivity index (χ0) is 17.7. The summed E-state index contributed by atoms with van der Waals surface area (Å²) >= 11 is 0. The van der Waals surface area contributed by atoms with Crippen LogP contribution in [0.5, 0.6) is 5.75 Å². The van der Waals surface area contributed by atoms with Crippen LogP contribution in [0.2, 0.25) is 0 Å². The van der Waals surface area contributed by atoms with Crippen molar-refractivity contribution in [1.82, 2.24) is 10.6 Å². The predicted molar refractivity (Wildman–Crippen MR) is 99.0 cm³/mol. The van der Waals surface area contributed by atoms with E-state index in [1.165, 1.54) is 5.56 Å². The molecule has 1 aromatic heterocycles. The number of benzene rings is 1. The summed E-state index contributed by atoms with van der Waals surface area (Å²) in [7, 11) is 1.75. The molecule has 0 aliphatic carbocycles. The van der Waals surface area contributed by atoms with Crippen LogP contribution in [-0.2, 0) is 11.3 Å². The van der Waals surface area contributed by atoms with Gasteiger partial charge < -0.3 is 24.5 Å². The lowest BCUT2D eigenvalue weighted by Gasteiger charge is -2.12. The van der Waals surface area contributed by atoms with Gasteiger partial charge in [-0.25, -0.2) is 0 Å². The lowest BCUT2D eigenvalue weighted by atomic mass is 10.2. The van der Waals surface area contributed by atoms with Gasteiger partial charge in [0, 0.05) is 20.2 Å². The third kappa shape index (κ3) is 7.76. The Kier molecular flexibility index (Phi) is 8.41. The average Bonchev–Trinajstić information content (AvgIpc) is 3.14. The molecule has 0 saturated heterocycles. The summed E-state index contributed by atoms with van der Waals surface area (Å²) < 4.78 is 16.4. The number of aliphatic imine (C=N–C) groups is 1. The number of hydrogen-bond donors (Lipinski definition) is 2. The van der Waals surface area contributed by atoms with Crippen LogP contribution < -0.4 is 15.4 Å². The first kappa shape index (κ1) is 18.9. The standard InChI is InChI=1S/C19H27N3O3/c1-16-6-8-17(9-7-16)25-14-11-22-19(20-2)21-10-4-12-23-15-18-5-3-13-24-18/h3,5-9,13H,4,10-12,14-15H2,1-2H3,(H2,20,21,22). The van der Waals surface area contributed by atoms with Crippen LogP contribution in [0.4, 0.5) is 0 Å². The minimum Gasteiger partial charge on any atom is -0.492 e. The van der Waals surface area contributed by atoms with E-state index in [4.69, 9.17) is 13.9 Å². The van der Waals surface area contributed by atoms with Crippen molar-refractivity contribution in [3.63, 3.8) is 0 Å². The summed E-state index contributed by atoms with van der Waals surface area (Å²) in [5, 5.41) is 6.47. The summed E-state index contributed by atoms with van der Waals surface area (Å²) in [6.45, 7) is 5.29. The van der Waals surface area contributed by atoms with Gasteiger partial charge in [-0.2, -0.15) is 0 Å². The molecule has 0 unspecified atom stereocenters. The van der Waals surface area contributed by atoms with Crippen molar-refractivity contribution in [1.29, 1.82) is 0 Å². The Bertz CT molecular complexity index is 609. The van der Waals surface area contributed by atoms with Crippen LogP contribution >= 0.6 is 0 Å². The summed E-state index contributed by atoms with van der Waals surface area (Å²) in [4.78, 5) is 4.19. The number of nitrogens with zero attached hydrogens (tertiary/aromatic N) is 1. The first-order chi connectivity index (χ1) is 12.3. The van der Waals surface area contributed by atoms with Gasteiger partial charge in [-0.15, -0.1) is 0 Å². The van der Waals surface area contributed by atoms with Gasteiger partial charge in [0.2, 0.25) is 0 Å². The highest BCUT2D eigenvalue weighted by Gasteiger charge is 1.99. The van der Waals surface area contributed by atoms with Crippen LogP contribution in [-0.4, -0.2) is 39.3 Å². The Labute approximate surface area is 149 Å². The number of guanidine groups is 1. The van der Waals surface area contributed by atoms with Gasteiger partial charge in [-0.1, -0.05) is 17.7 Å². The molecule has 1 heterocycles. The maximum atomic E-state index is 5.67. The molecule has 0 aliphatic rings. The highest BCUT2D eigenvalue weighted by molar-refractivity contribution is 5.79. The number of rotatable bonds is 10. The van der Waals surface area contributed by atoms with E-state index in [-0.39, 0.29) is 0 Å². The van der Waals surface area contributed by atoms with Crippen LogP contribution in [0, 0.1) is 6.92 Å². The minimum atomic E-state index is 0.510. The fraction of sp³-hybridized carbons (Fsp3) is 0.421. The van der Waals surface area contributed by atoms with Crippen LogP contribution in [0.15, 0.2) is 52.1 Å². The molecular weight excluding hydrogens is 318 g/mol. The van der Waals surface area contributed by atoms with E-state index >= 15 is 0 Å². The Morgan fingerprint density at radius 3 is 2.60 bits per heavy atom. The van der Waals surface area contributed by atoms with Crippen molar-refractivity contribution in [3.05, 3.63) is 54.0 Å². The largest absolute Gasteiger partial charge is 0.492 e. The van der Waals surface area contributed by atoms with Crippen molar-refractivity contribution < 1.29 is 13.9 Å². The van der Waals surface area contributed by atoms with E-state index < -0.39 is 0 Å². The van der Waals surface area contributed by atoms with Crippen molar-refractivity contribution in [3.8, 4) is 5.75 Å². The van der Waals surface area contributed by atoms with Crippen molar-refractivity contribution in [2.45, 2.75) is 20.0 Å². The highest BCUT2D eigenvalue weighted by atomic mass is 16.5. The molecule has 0 amide bonds. The Balaban J connectivity index is 1.49. The molecule has 0 radical (unpaired) electrons. The maximum Gasteiger partial charge on any atom is 0.191 e. The third-order valence-corrected chi connectivity index (χ3v) is 3.49. The molecule has 0 aliphatic heterocycles. The molecule has 0 saturated carbocycles. The lowest BCUT2D eigenvalue weighted by molar-refractivity contribution is 0.105. The molecule has 2 aromatic rings. The van der Waals surface area contributed by atoms with Crippen LogP contribution in [0.3, 0.4) is 0 Å². The van der Waals surface area contributed by atoms with Crippen LogP contribution in [0.25, 0.3) is 0 Å². The average molecular weight is 345 g/mol. The zero-order valence-electron chi connectivity index (χ0n) is 15.0. The van der Waals surface area contributed by atoms with Gasteiger partial charge >= 0.3 is 0 Å². The van der Waals surface area contributed by atoms with Gasteiger partial charge in [0.1, 0.15) is 24.7 Å². The van der Waals surface area contributed by atoms with Gasteiger partial charge in [-0.3, -0.25) is 4.99 Å². The molecule has 1 aromatic carbocycles. The number of nitrogens with one attached hydrogen (secondary N) is 2. The van der Waals surface area contributed by atoms with E-state index in [0.717, 1.165) is 30.4 Å². The van der Waals surface area contributed by atoms with Crippen molar-refractivity contribution in [2.24, 2.45) is 4.99 Å². The summed E-state index contributed by atoms with van der Waals surface area (Å²) in [5.74, 6) is 2.49. The summed E-state index contributed by atoms with van der Waals surface area (Å²) in [6.07, 6.45) is 2.54. The third-order valence-electron chi connectivity index (χ3n) is 3.49. The number of aryl methyl sites for hydroxylation is 1. The molecule has 0 atom stereocenters. The predicted octanol–water partition coefficient (Wildman–Crippen LogP) is 2.74. The van der Waals surface area contributed by atoms with E-state index in [2.05, 4.69) is 22.5 Å². The van der Waals surface area contributed by atoms with Gasteiger partial charge in [0.05, 0.1) is 12.8 Å². The lowest BCUT2D eigenvalue weighted by Crippen LogP contribution is -2.39. The smallest absolute Gasteiger partial charge is 0.191 e. The van der Waals surface area contributed by atoms with Crippen molar-refractivity contribution >= 4 is 5.96 Å². The summed E-state index contributed by atoms with van der Waals surface area (Å²) in [5.41, 5.74) is 1.23. The van der Waals surface area contributed by atoms with E-state index in [9.17, 15) is 0 Å². The first-order valence-electron chi connectivity index (χ1n) is 8.52. The molecular formula is C19H27N3O3. The monoisotopic (exact) mass is 345 g/mol. The normalized spacial score (nSPS) is 11.4. The van der Waals surface area contributed by atoms with Crippen LogP contribution in [0.1, 0.15) is 17.7 Å². The molecule has 136 valence electrons. The molecule has 6 nitrogen and oxygen atoms in total. The topological polar surface area (TPSA) is 68.0 Å². The van der Waals surface area contributed by atoms with E-state index in [1.807, 2.05) is 36.4 Å². The van der Waals surface area contributed by atoms with Crippen molar-refractivity contribution in [2.75, 3.05) is 33.4 Å². The molecule has 0 bridgehead atoms. The maximum absolute atomic E-state index is 5.67. The molecule has 0 spiro atoms. The highest BCUT2D eigenvalue weighted by Crippen LogP contribution is 2.10. The minimum absolute atomic E-state index is 0.510. The Morgan fingerprint density at radius 1 is 1.08 bits per heavy atom. The van der Waals surface area contributed by atoms with E-state index in [1.54, 1.807) is 13.3 Å². The van der Waals surface area contributed by atoms with Gasteiger partial charge in [-0.05, 0) is 37.6 Å². The molecule has 25 heavy (non-hydrogen) atoms. The fourth-order valence-electron chi connectivity index (χ4n) is 2.14. The molecule has 6 heteroatoms. The molecule has 0 fully saturated rings. The second kappa shape index (κ2) is 11.1. The quantitative estimate of drug-likeness (QED) is 0.394. The summed E-state index contributed by atoms with van der Waals surface area (Å²) in [6, 6.07) is 11.8. The first-order valence-corrected chi connectivity index (χ1v) is 8.52. The molecule has 2 rings (SSSR count). The number of hydrogen-bond acceptors (Lipinski definition) is 4. The molecule has 2 N–H and O–H groups in total. The Hall–Kier alpha value is -2.47. The fourth-order valence-corrected chi connectivity index (χ4v) is 2.14. The zero-order valence-corrected chi connectivity index (χ0v) is 15.0. The van der Waals surface area contributed by atoms with E-state index in [0.29, 0.717) is 26.4 Å². The number of furan rings is 1. The second-order valence-corrected chi connectivity index (χ2v) is 5.57. The SMILES string of the molecule is CN=C(NCCCOCc1ccco1)NCCOc1ccc(C)cc1. The van der Waals surface area contributed by atoms with Gasteiger partial charge in [0.15, 0.2) is 5.96 Å². The van der Waals surface area contributed by atoms with Gasteiger partial charge in [0.25, 0.3) is 0 Å². The second-order valence-electron chi connectivity index (χ2n) is 5.57.